The standard InChI is InChI=1S/C15H16F3N3O3S/c1-21(2)14-8-11(6-7-19-14)10-20-25(22,23)13-5-3-4-12(9-13)24-15(16,17)18/h3-9,20H,10H2,1-2H3. The number of benzene rings is 1. The van der Waals surface area contributed by atoms with Gasteiger partial charge >= 0.3 is 6.36 Å². The van der Waals surface area contributed by atoms with Crippen molar-refractivity contribution in [2.75, 3.05) is 19.0 Å². The molecule has 25 heavy (non-hydrogen) atoms. The fourth-order valence-electron chi connectivity index (χ4n) is 1.92. The van der Waals surface area contributed by atoms with Crippen molar-refractivity contribution < 1.29 is 26.3 Å². The summed E-state index contributed by atoms with van der Waals surface area (Å²) >= 11 is 0. The van der Waals surface area contributed by atoms with Crippen LogP contribution in [-0.4, -0.2) is 33.9 Å². The van der Waals surface area contributed by atoms with E-state index in [0.717, 1.165) is 12.1 Å². The number of halogens is 3. The third kappa shape index (κ3) is 5.61. The number of pyridine rings is 1. The molecule has 0 radical (unpaired) electrons. The van der Waals surface area contributed by atoms with Gasteiger partial charge in [-0.1, -0.05) is 6.07 Å². The van der Waals surface area contributed by atoms with Gasteiger partial charge in [-0.05, 0) is 29.8 Å². The molecule has 0 aliphatic rings. The van der Waals surface area contributed by atoms with Gasteiger partial charge < -0.3 is 9.64 Å². The van der Waals surface area contributed by atoms with E-state index in [1.54, 1.807) is 31.1 Å². The Morgan fingerprint density at radius 3 is 2.56 bits per heavy atom. The van der Waals surface area contributed by atoms with Gasteiger partial charge in [-0.2, -0.15) is 0 Å². The summed E-state index contributed by atoms with van der Waals surface area (Å²) < 4.78 is 67.3. The van der Waals surface area contributed by atoms with Crippen LogP contribution >= 0.6 is 0 Å². The summed E-state index contributed by atoms with van der Waals surface area (Å²) in [7, 11) is -0.413. The van der Waals surface area contributed by atoms with Crippen molar-refractivity contribution in [2.24, 2.45) is 0 Å². The van der Waals surface area contributed by atoms with Crippen molar-refractivity contribution in [1.29, 1.82) is 0 Å². The number of nitrogens with zero attached hydrogens (tertiary/aromatic N) is 2. The van der Waals surface area contributed by atoms with Crippen molar-refractivity contribution in [2.45, 2.75) is 17.8 Å². The highest BCUT2D eigenvalue weighted by Gasteiger charge is 2.31. The molecule has 0 atom stereocenters. The highest BCUT2D eigenvalue weighted by atomic mass is 32.2. The molecule has 0 amide bonds. The van der Waals surface area contributed by atoms with Gasteiger partial charge in [-0.3, -0.25) is 0 Å². The molecule has 0 unspecified atom stereocenters. The first kappa shape index (κ1) is 19.0. The van der Waals surface area contributed by atoms with Gasteiger partial charge in [-0.15, -0.1) is 13.2 Å². The van der Waals surface area contributed by atoms with Gasteiger partial charge in [0.25, 0.3) is 0 Å². The highest BCUT2D eigenvalue weighted by molar-refractivity contribution is 7.89. The third-order valence-corrected chi connectivity index (χ3v) is 4.48. The molecule has 0 aliphatic heterocycles. The summed E-state index contributed by atoms with van der Waals surface area (Å²) in [6.45, 7) is -0.0317. The average molecular weight is 375 g/mol. The van der Waals surface area contributed by atoms with Crippen LogP contribution in [0.2, 0.25) is 0 Å². The third-order valence-electron chi connectivity index (χ3n) is 3.08. The van der Waals surface area contributed by atoms with E-state index in [9.17, 15) is 21.6 Å². The fourth-order valence-corrected chi connectivity index (χ4v) is 2.97. The lowest BCUT2D eigenvalue weighted by Crippen LogP contribution is -2.24. The minimum atomic E-state index is -4.89. The molecular weight excluding hydrogens is 359 g/mol. The van der Waals surface area contributed by atoms with E-state index >= 15 is 0 Å². The predicted octanol–water partition coefficient (Wildman–Crippen LogP) is 2.52. The molecule has 2 aromatic rings. The number of alkyl halides is 3. The monoisotopic (exact) mass is 375 g/mol. The molecular formula is C15H16F3N3O3S. The molecule has 0 fully saturated rings. The van der Waals surface area contributed by atoms with Crippen LogP contribution in [0.4, 0.5) is 19.0 Å². The number of ether oxygens (including phenoxy) is 1. The first-order valence-electron chi connectivity index (χ1n) is 7.04. The number of nitrogens with one attached hydrogen (secondary N) is 1. The molecule has 0 bridgehead atoms. The maximum atomic E-state index is 12.3. The molecule has 136 valence electrons. The van der Waals surface area contributed by atoms with Crippen molar-refractivity contribution >= 4 is 15.8 Å². The molecule has 1 N–H and O–H groups in total. The average Bonchev–Trinajstić information content (AvgIpc) is 2.52. The minimum Gasteiger partial charge on any atom is -0.406 e. The van der Waals surface area contributed by atoms with Crippen molar-refractivity contribution in [3.8, 4) is 5.75 Å². The lowest BCUT2D eigenvalue weighted by molar-refractivity contribution is -0.274. The Bertz CT molecular complexity index is 839. The summed E-state index contributed by atoms with van der Waals surface area (Å²) in [6, 6.07) is 7.53. The van der Waals surface area contributed by atoms with Crippen LogP contribution in [-0.2, 0) is 16.6 Å². The first-order chi connectivity index (χ1) is 11.6. The van der Waals surface area contributed by atoms with E-state index in [1.807, 2.05) is 0 Å². The Hall–Kier alpha value is -2.33. The molecule has 0 spiro atoms. The molecule has 2 rings (SSSR count). The van der Waals surface area contributed by atoms with Crippen LogP contribution in [0.3, 0.4) is 0 Å². The molecule has 1 aromatic carbocycles. The summed E-state index contributed by atoms with van der Waals surface area (Å²) in [5.41, 5.74) is 0.657. The number of sulfonamides is 1. The number of hydrogen-bond acceptors (Lipinski definition) is 5. The van der Waals surface area contributed by atoms with Gasteiger partial charge in [0.15, 0.2) is 0 Å². The summed E-state index contributed by atoms with van der Waals surface area (Å²) in [4.78, 5) is 5.55. The van der Waals surface area contributed by atoms with E-state index in [1.165, 1.54) is 18.3 Å². The zero-order valence-corrected chi connectivity index (χ0v) is 14.2. The molecule has 6 nitrogen and oxygen atoms in total. The zero-order valence-electron chi connectivity index (χ0n) is 13.4. The molecule has 10 heteroatoms. The molecule has 0 saturated carbocycles. The van der Waals surface area contributed by atoms with E-state index < -0.39 is 22.1 Å². The van der Waals surface area contributed by atoms with Crippen LogP contribution in [0.1, 0.15) is 5.56 Å². The lowest BCUT2D eigenvalue weighted by Gasteiger charge is -2.13. The van der Waals surface area contributed by atoms with Crippen molar-refractivity contribution in [3.63, 3.8) is 0 Å². The Kier molecular flexibility index (Phi) is 5.53. The Labute approximate surface area is 143 Å². The predicted molar refractivity (Wildman–Crippen MR) is 85.7 cm³/mol. The zero-order chi connectivity index (χ0) is 18.7. The van der Waals surface area contributed by atoms with Crippen LogP contribution in [0, 0.1) is 0 Å². The summed E-state index contributed by atoms with van der Waals surface area (Å²) in [5.74, 6) is 0.0476. The van der Waals surface area contributed by atoms with Crippen LogP contribution in [0.15, 0.2) is 47.5 Å². The van der Waals surface area contributed by atoms with E-state index in [-0.39, 0.29) is 11.4 Å². The maximum Gasteiger partial charge on any atom is 0.573 e. The van der Waals surface area contributed by atoms with Crippen LogP contribution < -0.4 is 14.4 Å². The van der Waals surface area contributed by atoms with Gasteiger partial charge in [0.05, 0.1) is 4.90 Å². The lowest BCUT2D eigenvalue weighted by atomic mass is 10.2. The quantitative estimate of drug-likeness (QED) is 0.840. The summed E-state index contributed by atoms with van der Waals surface area (Å²) in [6.07, 6.45) is -3.35. The number of aromatic nitrogens is 1. The summed E-state index contributed by atoms with van der Waals surface area (Å²) in [5, 5.41) is 0. The number of anilines is 1. The Morgan fingerprint density at radius 1 is 1.20 bits per heavy atom. The molecule has 0 saturated heterocycles. The number of rotatable bonds is 6. The highest BCUT2D eigenvalue weighted by Crippen LogP contribution is 2.25. The second kappa shape index (κ2) is 7.28. The van der Waals surface area contributed by atoms with E-state index in [2.05, 4.69) is 14.4 Å². The molecule has 1 aromatic heterocycles. The normalized spacial score (nSPS) is 12.0. The topological polar surface area (TPSA) is 71.5 Å². The minimum absolute atomic E-state index is 0.0317. The van der Waals surface area contributed by atoms with Crippen molar-refractivity contribution in [3.05, 3.63) is 48.2 Å². The van der Waals surface area contributed by atoms with Gasteiger partial charge in [0.2, 0.25) is 10.0 Å². The Balaban J connectivity index is 2.14. The second-order valence-electron chi connectivity index (χ2n) is 5.26. The smallest absolute Gasteiger partial charge is 0.406 e. The van der Waals surface area contributed by atoms with Gasteiger partial charge in [0, 0.05) is 32.9 Å². The van der Waals surface area contributed by atoms with Gasteiger partial charge in [-0.25, -0.2) is 18.1 Å². The van der Waals surface area contributed by atoms with E-state index in [0.29, 0.717) is 11.4 Å². The fraction of sp³-hybridized carbons (Fsp3) is 0.267. The van der Waals surface area contributed by atoms with Gasteiger partial charge in [0.1, 0.15) is 11.6 Å². The van der Waals surface area contributed by atoms with Crippen molar-refractivity contribution in [1.82, 2.24) is 9.71 Å². The largest absolute Gasteiger partial charge is 0.573 e. The molecule has 1 heterocycles. The number of hydrogen-bond donors (Lipinski definition) is 1. The second-order valence-corrected chi connectivity index (χ2v) is 7.03. The van der Waals surface area contributed by atoms with Crippen LogP contribution in [0.25, 0.3) is 0 Å². The van der Waals surface area contributed by atoms with E-state index in [4.69, 9.17) is 0 Å². The molecule has 0 aliphatic carbocycles. The van der Waals surface area contributed by atoms with Crippen LogP contribution in [0.5, 0.6) is 5.75 Å². The SMILES string of the molecule is CN(C)c1cc(CNS(=O)(=O)c2cccc(OC(F)(F)F)c2)ccn1. The first-order valence-corrected chi connectivity index (χ1v) is 8.53. The maximum absolute atomic E-state index is 12.3. The Morgan fingerprint density at radius 2 is 1.92 bits per heavy atom.